The van der Waals surface area contributed by atoms with Crippen LogP contribution in [0, 0.1) is 0 Å². The normalized spacial score (nSPS) is 10.3. The van der Waals surface area contributed by atoms with Gasteiger partial charge in [-0.1, -0.05) is 13.0 Å². The molecule has 2 aromatic rings. The molecule has 0 bridgehead atoms. The van der Waals surface area contributed by atoms with Crippen LogP contribution < -0.4 is 10.6 Å². The highest BCUT2D eigenvalue weighted by atomic mass is 16.4. The van der Waals surface area contributed by atoms with E-state index in [1.165, 1.54) is 0 Å². The van der Waals surface area contributed by atoms with Crippen molar-refractivity contribution in [1.82, 2.24) is 0 Å². The first-order chi connectivity index (χ1) is 9.71. The van der Waals surface area contributed by atoms with E-state index in [1.54, 1.807) is 6.07 Å². The maximum absolute atomic E-state index is 11.3. The Labute approximate surface area is 117 Å². The molecule has 1 aromatic heterocycles. The molecule has 0 aliphatic rings. The fourth-order valence-electron chi connectivity index (χ4n) is 1.75. The molecule has 0 unspecified atom stereocenters. The number of hydrogen-bond acceptors (Lipinski definition) is 4. The average molecular weight is 274 g/mol. The van der Waals surface area contributed by atoms with Gasteiger partial charge in [-0.2, -0.15) is 0 Å². The maximum atomic E-state index is 11.3. The Hall–Kier alpha value is -2.27. The monoisotopic (exact) mass is 274 g/mol. The molecule has 0 aliphatic carbocycles. The molecule has 3 N–H and O–H groups in total. The van der Waals surface area contributed by atoms with Gasteiger partial charge in [0.1, 0.15) is 18.1 Å². The Morgan fingerprint density at radius 1 is 1.20 bits per heavy atom. The maximum Gasteiger partial charge on any atom is 0.224 e. The smallest absolute Gasteiger partial charge is 0.224 e. The summed E-state index contributed by atoms with van der Waals surface area (Å²) in [6.45, 7) is 2.23. The standard InChI is InChI=1S/C15H18N2O3/c1-2-15(19)17-12-5-3-4-11(8-12)16-9-13-6-7-14(10-18)20-13/h3-8,16,18H,2,9-10H2,1H3,(H,17,19). The van der Waals surface area contributed by atoms with Gasteiger partial charge in [-0.05, 0) is 30.3 Å². The molecule has 0 aliphatic heterocycles. The number of aliphatic hydroxyl groups is 1. The lowest BCUT2D eigenvalue weighted by Gasteiger charge is -2.08. The lowest BCUT2D eigenvalue weighted by Crippen LogP contribution is -2.09. The fraction of sp³-hybridized carbons (Fsp3) is 0.267. The van der Waals surface area contributed by atoms with Crippen LogP contribution in [0.15, 0.2) is 40.8 Å². The van der Waals surface area contributed by atoms with E-state index in [-0.39, 0.29) is 12.5 Å². The highest BCUT2D eigenvalue weighted by molar-refractivity contribution is 5.90. The third-order valence-electron chi connectivity index (χ3n) is 2.81. The zero-order valence-corrected chi connectivity index (χ0v) is 11.3. The first-order valence-electron chi connectivity index (χ1n) is 6.53. The van der Waals surface area contributed by atoms with Gasteiger partial charge in [0.25, 0.3) is 0 Å². The largest absolute Gasteiger partial charge is 0.462 e. The minimum Gasteiger partial charge on any atom is -0.462 e. The zero-order chi connectivity index (χ0) is 14.4. The molecule has 0 saturated heterocycles. The van der Waals surface area contributed by atoms with Gasteiger partial charge >= 0.3 is 0 Å². The Bertz CT molecular complexity index is 578. The molecule has 106 valence electrons. The van der Waals surface area contributed by atoms with E-state index in [1.807, 2.05) is 37.3 Å². The van der Waals surface area contributed by atoms with E-state index in [2.05, 4.69) is 10.6 Å². The van der Waals surface area contributed by atoms with Gasteiger partial charge in [0, 0.05) is 17.8 Å². The zero-order valence-electron chi connectivity index (χ0n) is 11.3. The fourth-order valence-corrected chi connectivity index (χ4v) is 1.75. The molecule has 0 fully saturated rings. The van der Waals surface area contributed by atoms with E-state index < -0.39 is 0 Å². The Morgan fingerprint density at radius 3 is 2.65 bits per heavy atom. The molecule has 1 aromatic carbocycles. The summed E-state index contributed by atoms with van der Waals surface area (Å²) in [5, 5.41) is 14.9. The second-order valence-corrected chi connectivity index (χ2v) is 4.36. The SMILES string of the molecule is CCC(=O)Nc1cccc(NCc2ccc(CO)o2)c1. The molecule has 0 atom stereocenters. The molecule has 20 heavy (non-hydrogen) atoms. The van der Waals surface area contributed by atoms with Crippen LogP contribution in [0.5, 0.6) is 0 Å². The van der Waals surface area contributed by atoms with Gasteiger partial charge in [0.2, 0.25) is 5.91 Å². The van der Waals surface area contributed by atoms with E-state index in [0.29, 0.717) is 18.7 Å². The van der Waals surface area contributed by atoms with Crippen molar-refractivity contribution in [3.8, 4) is 0 Å². The average Bonchev–Trinajstić information content (AvgIpc) is 2.93. The summed E-state index contributed by atoms with van der Waals surface area (Å²) in [6.07, 6.45) is 0.452. The van der Waals surface area contributed by atoms with Gasteiger partial charge in [-0.25, -0.2) is 0 Å². The van der Waals surface area contributed by atoms with Crippen LogP contribution in [-0.2, 0) is 17.9 Å². The number of aliphatic hydroxyl groups excluding tert-OH is 1. The number of carbonyl (C=O) groups is 1. The summed E-state index contributed by atoms with van der Waals surface area (Å²) in [6, 6.07) is 11.1. The first kappa shape index (κ1) is 14.1. The highest BCUT2D eigenvalue weighted by Crippen LogP contribution is 2.17. The van der Waals surface area contributed by atoms with Crippen molar-refractivity contribution >= 4 is 17.3 Å². The lowest BCUT2D eigenvalue weighted by molar-refractivity contribution is -0.115. The number of carbonyl (C=O) groups excluding carboxylic acids is 1. The molecule has 2 rings (SSSR count). The van der Waals surface area contributed by atoms with Gasteiger partial charge in [-0.3, -0.25) is 4.79 Å². The molecule has 0 spiro atoms. The molecular weight excluding hydrogens is 256 g/mol. The van der Waals surface area contributed by atoms with Gasteiger partial charge < -0.3 is 20.2 Å². The summed E-state index contributed by atoms with van der Waals surface area (Å²) in [4.78, 5) is 11.3. The summed E-state index contributed by atoms with van der Waals surface area (Å²) < 4.78 is 5.38. The number of benzene rings is 1. The first-order valence-corrected chi connectivity index (χ1v) is 6.53. The Balaban J connectivity index is 1.95. The number of rotatable bonds is 6. The third kappa shape index (κ3) is 3.86. The number of hydrogen-bond donors (Lipinski definition) is 3. The van der Waals surface area contributed by atoms with Crippen molar-refractivity contribution in [1.29, 1.82) is 0 Å². The topological polar surface area (TPSA) is 74.5 Å². The van der Waals surface area contributed by atoms with E-state index in [4.69, 9.17) is 9.52 Å². The van der Waals surface area contributed by atoms with Crippen LogP contribution >= 0.6 is 0 Å². The Morgan fingerprint density at radius 2 is 1.95 bits per heavy atom. The van der Waals surface area contributed by atoms with Gasteiger partial charge in [-0.15, -0.1) is 0 Å². The van der Waals surface area contributed by atoms with Crippen LogP contribution in [0.25, 0.3) is 0 Å². The number of furan rings is 1. The summed E-state index contributed by atoms with van der Waals surface area (Å²) in [5.74, 6) is 1.28. The summed E-state index contributed by atoms with van der Waals surface area (Å²) >= 11 is 0. The van der Waals surface area contributed by atoms with Crippen molar-refractivity contribution in [2.45, 2.75) is 26.5 Å². The number of amides is 1. The third-order valence-corrected chi connectivity index (χ3v) is 2.81. The summed E-state index contributed by atoms with van der Waals surface area (Å²) in [7, 11) is 0. The Kier molecular flexibility index (Phi) is 4.79. The van der Waals surface area contributed by atoms with Gasteiger partial charge in [0.05, 0.1) is 6.54 Å². The molecule has 0 saturated carbocycles. The lowest BCUT2D eigenvalue weighted by atomic mass is 10.2. The van der Waals surface area contributed by atoms with E-state index >= 15 is 0 Å². The minimum absolute atomic E-state index is 0.0132. The second kappa shape index (κ2) is 6.77. The van der Waals surface area contributed by atoms with E-state index in [0.717, 1.165) is 17.1 Å². The van der Waals surface area contributed by atoms with Crippen LogP contribution in [-0.4, -0.2) is 11.0 Å². The molecule has 1 heterocycles. The second-order valence-electron chi connectivity index (χ2n) is 4.36. The van der Waals surface area contributed by atoms with Crippen molar-refractivity contribution in [3.63, 3.8) is 0 Å². The highest BCUT2D eigenvalue weighted by Gasteiger charge is 2.02. The minimum atomic E-state index is -0.0987. The molecule has 5 heteroatoms. The quantitative estimate of drug-likeness (QED) is 0.757. The van der Waals surface area contributed by atoms with Crippen LogP contribution in [0.4, 0.5) is 11.4 Å². The molecular formula is C15H18N2O3. The van der Waals surface area contributed by atoms with Crippen molar-refractivity contribution < 1.29 is 14.3 Å². The van der Waals surface area contributed by atoms with Crippen molar-refractivity contribution in [2.24, 2.45) is 0 Å². The van der Waals surface area contributed by atoms with Crippen LogP contribution in [0.2, 0.25) is 0 Å². The van der Waals surface area contributed by atoms with Crippen LogP contribution in [0.3, 0.4) is 0 Å². The molecule has 0 radical (unpaired) electrons. The van der Waals surface area contributed by atoms with Crippen LogP contribution in [0.1, 0.15) is 24.9 Å². The van der Waals surface area contributed by atoms with Gasteiger partial charge in [0.15, 0.2) is 0 Å². The molecule has 5 nitrogen and oxygen atoms in total. The van der Waals surface area contributed by atoms with Crippen molar-refractivity contribution in [2.75, 3.05) is 10.6 Å². The number of nitrogens with one attached hydrogen (secondary N) is 2. The predicted octanol–water partition coefficient (Wildman–Crippen LogP) is 2.73. The van der Waals surface area contributed by atoms with E-state index in [9.17, 15) is 4.79 Å². The van der Waals surface area contributed by atoms with Crippen molar-refractivity contribution in [3.05, 3.63) is 47.9 Å². The predicted molar refractivity (Wildman–Crippen MR) is 77.3 cm³/mol. The molecule has 1 amide bonds. The summed E-state index contributed by atoms with van der Waals surface area (Å²) in [5.41, 5.74) is 1.65. The number of anilines is 2.